The molecule has 2 aromatic heterocycles. The summed E-state index contributed by atoms with van der Waals surface area (Å²) < 4.78 is 11.9. The van der Waals surface area contributed by atoms with Gasteiger partial charge in [-0.25, -0.2) is 0 Å². The molecule has 0 aliphatic carbocycles. The molecule has 0 bridgehead atoms. The maximum absolute atomic E-state index is 11.3. The minimum Gasteiger partial charge on any atom is -0.493 e. The molecule has 23 heavy (non-hydrogen) atoms. The van der Waals surface area contributed by atoms with Crippen molar-refractivity contribution < 1.29 is 14.4 Å². The van der Waals surface area contributed by atoms with Crippen LogP contribution in [0.4, 0.5) is 11.6 Å². The Kier molecular flexibility index (Phi) is 4.02. The predicted octanol–water partition coefficient (Wildman–Crippen LogP) is 2.93. The zero-order valence-electron chi connectivity index (χ0n) is 12.5. The zero-order valence-corrected chi connectivity index (χ0v) is 13.3. The van der Waals surface area contributed by atoms with Crippen LogP contribution in [0.5, 0.6) is 11.5 Å². The third-order valence-corrected chi connectivity index (χ3v) is 4.07. The van der Waals surface area contributed by atoms with E-state index < -0.39 is 4.92 Å². The molecule has 0 atom stereocenters. The average molecular weight is 334 g/mol. The monoisotopic (exact) mass is 334 g/mol. The van der Waals surface area contributed by atoms with Crippen LogP contribution in [-0.4, -0.2) is 28.5 Å². The van der Waals surface area contributed by atoms with E-state index in [1.165, 1.54) is 15.7 Å². The second-order valence-electron chi connectivity index (χ2n) is 4.64. The smallest absolute Gasteiger partial charge is 0.372 e. The van der Waals surface area contributed by atoms with Gasteiger partial charge in [-0.1, -0.05) is 17.4 Å². The highest BCUT2D eigenvalue weighted by Crippen LogP contribution is 2.30. The number of rotatable bonds is 6. The zero-order chi connectivity index (χ0) is 16.4. The molecule has 0 radical (unpaired) electrons. The van der Waals surface area contributed by atoms with E-state index in [-0.39, 0.29) is 11.6 Å². The summed E-state index contributed by atoms with van der Waals surface area (Å²) in [6.45, 7) is 0.381. The summed E-state index contributed by atoms with van der Waals surface area (Å²) in [5.41, 5.74) is 0.897. The molecular weight excluding hydrogens is 320 g/mol. The van der Waals surface area contributed by atoms with E-state index >= 15 is 0 Å². The molecule has 1 aromatic carbocycles. The van der Waals surface area contributed by atoms with Gasteiger partial charge in [0.1, 0.15) is 6.20 Å². The highest BCUT2D eigenvalue weighted by molar-refractivity contribution is 7.15. The third kappa shape index (κ3) is 2.78. The number of fused-ring (bicyclic) bond motifs is 1. The first kappa shape index (κ1) is 15.1. The van der Waals surface area contributed by atoms with Crippen molar-refractivity contribution in [2.75, 3.05) is 19.5 Å². The number of nitro groups is 1. The molecule has 0 unspecified atom stereocenters. The number of methoxy groups -OCH3 is 2. The van der Waals surface area contributed by atoms with Crippen molar-refractivity contribution in [2.24, 2.45) is 0 Å². The third-order valence-electron chi connectivity index (χ3n) is 3.32. The van der Waals surface area contributed by atoms with E-state index in [0.29, 0.717) is 23.0 Å². The standard InChI is InChI=1S/C14H14N4O4S/c1-21-10-4-3-9(7-11(10)22-2)8-15-12-13(18(19)20)17-5-6-23-14(17)16-12/h3-7,15H,8H2,1-2H3. The quantitative estimate of drug-likeness (QED) is 0.550. The van der Waals surface area contributed by atoms with Crippen molar-refractivity contribution in [1.82, 2.24) is 9.38 Å². The molecule has 2 heterocycles. The molecule has 1 N–H and O–H groups in total. The molecule has 0 saturated heterocycles. The first-order valence-electron chi connectivity index (χ1n) is 6.68. The van der Waals surface area contributed by atoms with Crippen LogP contribution in [0.1, 0.15) is 5.56 Å². The summed E-state index contributed by atoms with van der Waals surface area (Å²) in [6, 6.07) is 5.46. The molecule has 0 aliphatic heterocycles. The lowest BCUT2D eigenvalue weighted by Gasteiger charge is -2.10. The first-order valence-corrected chi connectivity index (χ1v) is 7.56. The van der Waals surface area contributed by atoms with Gasteiger partial charge in [0.15, 0.2) is 11.5 Å². The van der Waals surface area contributed by atoms with Crippen LogP contribution < -0.4 is 14.8 Å². The van der Waals surface area contributed by atoms with Crippen LogP contribution in [0.3, 0.4) is 0 Å². The minimum absolute atomic E-state index is 0.0678. The van der Waals surface area contributed by atoms with E-state index in [0.717, 1.165) is 5.56 Å². The topological polar surface area (TPSA) is 90.9 Å². The van der Waals surface area contributed by atoms with Crippen LogP contribution in [0, 0.1) is 10.1 Å². The van der Waals surface area contributed by atoms with Crippen LogP contribution in [0.25, 0.3) is 4.96 Å². The Bertz CT molecular complexity index is 858. The lowest BCUT2D eigenvalue weighted by molar-refractivity contribution is -0.389. The predicted molar refractivity (Wildman–Crippen MR) is 86.6 cm³/mol. The van der Waals surface area contributed by atoms with Crippen molar-refractivity contribution in [1.29, 1.82) is 0 Å². The Morgan fingerprint density at radius 1 is 1.35 bits per heavy atom. The van der Waals surface area contributed by atoms with Gasteiger partial charge in [-0.05, 0) is 22.6 Å². The van der Waals surface area contributed by atoms with Gasteiger partial charge in [-0.15, -0.1) is 0 Å². The second kappa shape index (κ2) is 6.13. The summed E-state index contributed by atoms with van der Waals surface area (Å²) in [4.78, 5) is 15.7. The largest absolute Gasteiger partial charge is 0.493 e. The van der Waals surface area contributed by atoms with E-state index in [1.54, 1.807) is 31.9 Å². The molecule has 3 rings (SSSR count). The van der Waals surface area contributed by atoms with Crippen LogP contribution in [0.15, 0.2) is 29.8 Å². The van der Waals surface area contributed by atoms with Crippen molar-refractivity contribution >= 4 is 27.9 Å². The lowest BCUT2D eigenvalue weighted by atomic mass is 10.2. The fourth-order valence-electron chi connectivity index (χ4n) is 2.24. The van der Waals surface area contributed by atoms with E-state index in [1.807, 2.05) is 12.1 Å². The average Bonchev–Trinajstić information content (AvgIpc) is 3.12. The summed E-state index contributed by atoms with van der Waals surface area (Å²) in [5, 5.41) is 16.0. The molecule has 8 nitrogen and oxygen atoms in total. The van der Waals surface area contributed by atoms with Gasteiger partial charge >= 0.3 is 5.82 Å². The van der Waals surface area contributed by atoms with Crippen molar-refractivity contribution in [3.8, 4) is 11.5 Å². The number of ether oxygens (including phenoxy) is 2. The summed E-state index contributed by atoms with van der Waals surface area (Å²) in [5.74, 6) is 1.41. The molecule has 0 fully saturated rings. The molecular formula is C14H14N4O4S. The Hall–Kier alpha value is -2.81. The lowest BCUT2D eigenvalue weighted by Crippen LogP contribution is -2.03. The number of hydrogen-bond acceptors (Lipinski definition) is 7. The Labute approximate surface area is 135 Å². The van der Waals surface area contributed by atoms with Gasteiger partial charge in [0.2, 0.25) is 5.82 Å². The molecule has 120 valence electrons. The molecule has 9 heteroatoms. The maximum atomic E-state index is 11.3. The first-order chi connectivity index (χ1) is 11.1. The molecule has 0 aliphatic rings. The second-order valence-corrected chi connectivity index (χ2v) is 5.51. The van der Waals surface area contributed by atoms with Crippen LogP contribution in [-0.2, 0) is 6.54 Å². The van der Waals surface area contributed by atoms with Gasteiger partial charge in [0.25, 0.3) is 4.96 Å². The molecule has 0 saturated carbocycles. The fraction of sp³-hybridized carbons (Fsp3) is 0.214. The van der Waals surface area contributed by atoms with Crippen LogP contribution >= 0.6 is 11.3 Å². The number of nitrogens with zero attached hydrogens (tertiary/aromatic N) is 3. The van der Waals surface area contributed by atoms with E-state index in [9.17, 15) is 10.1 Å². The Balaban J connectivity index is 1.85. The number of thiazole rings is 1. The Morgan fingerprint density at radius 3 is 2.83 bits per heavy atom. The highest BCUT2D eigenvalue weighted by Gasteiger charge is 2.23. The SMILES string of the molecule is COc1ccc(CNc2nc3sccn3c2[N+](=O)[O-])cc1OC. The molecule has 3 aromatic rings. The van der Waals surface area contributed by atoms with Crippen LogP contribution in [0.2, 0.25) is 0 Å². The van der Waals surface area contributed by atoms with Crippen molar-refractivity contribution in [3.63, 3.8) is 0 Å². The molecule has 0 spiro atoms. The summed E-state index contributed by atoms with van der Waals surface area (Å²) in [6.07, 6.45) is 1.63. The number of imidazole rings is 1. The summed E-state index contributed by atoms with van der Waals surface area (Å²) in [7, 11) is 3.13. The highest BCUT2D eigenvalue weighted by atomic mass is 32.1. The maximum Gasteiger partial charge on any atom is 0.372 e. The Morgan fingerprint density at radius 2 is 2.13 bits per heavy atom. The van der Waals surface area contributed by atoms with Gasteiger partial charge in [0, 0.05) is 11.9 Å². The number of anilines is 1. The number of aromatic nitrogens is 2. The number of nitrogens with one attached hydrogen (secondary N) is 1. The molecule has 0 amide bonds. The van der Waals surface area contributed by atoms with Crippen molar-refractivity contribution in [3.05, 3.63) is 45.5 Å². The number of hydrogen-bond donors (Lipinski definition) is 1. The van der Waals surface area contributed by atoms with Gasteiger partial charge in [-0.2, -0.15) is 9.38 Å². The fourth-order valence-corrected chi connectivity index (χ4v) is 2.95. The van der Waals surface area contributed by atoms with Gasteiger partial charge in [-0.3, -0.25) is 0 Å². The van der Waals surface area contributed by atoms with Crippen molar-refractivity contribution in [2.45, 2.75) is 6.54 Å². The van der Waals surface area contributed by atoms with Gasteiger partial charge < -0.3 is 24.9 Å². The van der Waals surface area contributed by atoms with E-state index in [2.05, 4.69) is 10.3 Å². The van der Waals surface area contributed by atoms with Gasteiger partial charge in [0.05, 0.1) is 14.2 Å². The summed E-state index contributed by atoms with van der Waals surface area (Å²) >= 11 is 1.34. The number of benzene rings is 1. The normalized spacial score (nSPS) is 10.7. The minimum atomic E-state index is -0.441. The van der Waals surface area contributed by atoms with E-state index in [4.69, 9.17) is 9.47 Å².